The zero-order valence-electron chi connectivity index (χ0n) is 17.0. The maximum absolute atomic E-state index is 13.6. The van der Waals surface area contributed by atoms with Gasteiger partial charge in [0, 0.05) is 23.1 Å². The van der Waals surface area contributed by atoms with Crippen LogP contribution in [0.2, 0.25) is 0 Å². The summed E-state index contributed by atoms with van der Waals surface area (Å²) in [6.07, 6.45) is 0.897. The van der Waals surface area contributed by atoms with Crippen molar-refractivity contribution in [2.45, 2.75) is 63.6 Å². The molecule has 1 amide bonds. The Morgan fingerprint density at radius 2 is 1.77 bits per heavy atom. The highest BCUT2D eigenvalue weighted by atomic mass is 19.4. The van der Waals surface area contributed by atoms with Gasteiger partial charge >= 0.3 is 6.18 Å². The number of H-pyrrole nitrogens is 1. The minimum absolute atomic E-state index is 0.0376. The zero-order valence-corrected chi connectivity index (χ0v) is 17.0. The normalized spacial score (nSPS) is 21.4. The molecule has 0 atom stereocenters. The Kier molecular flexibility index (Phi) is 5.88. The average Bonchev–Trinajstić information content (AvgIpc) is 2.74. The van der Waals surface area contributed by atoms with Crippen molar-refractivity contribution in [2.75, 3.05) is 5.32 Å². The Bertz CT molecular complexity index is 1040. The van der Waals surface area contributed by atoms with Gasteiger partial charge in [-0.1, -0.05) is 6.07 Å². The van der Waals surface area contributed by atoms with Crippen molar-refractivity contribution < 1.29 is 18.0 Å². The number of aromatic amines is 1. The van der Waals surface area contributed by atoms with Crippen molar-refractivity contribution in [1.82, 2.24) is 10.2 Å². The fourth-order valence-electron chi connectivity index (χ4n) is 4.56. The minimum Gasteiger partial charge on any atom is -0.328 e. The van der Waals surface area contributed by atoms with Crippen molar-refractivity contribution in [3.05, 3.63) is 45.2 Å². The number of fused-ring (bicyclic) bond motifs is 1. The van der Waals surface area contributed by atoms with E-state index in [4.69, 9.17) is 5.73 Å². The van der Waals surface area contributed by atoms with Gasteiger partial charge in [-0.25, -0.2) is 5.10 Å². The van der Waals surface area contributed by atoms with E-state index < -0.39 is 17.6 Å². The third-order valence-corrected chi connectivity index (χ3v) is 6.30. The van der Waals surface area contributed by atoms with Gasteiger partial charge in [-0.3, -0.25) is 9.59 Å². The predicted molar refractivity (Wildman–Crippen MR) is 111 cm³/mol. The molecular formula is C22H25F3N4O2. The maximum Gasteiger partial charge on any atom is 0.418 e. The number of halogens is 3. The fraction of sp³-hybridized carbons (Fsp3) is 0.500. The highest BCUT2D eigenvalue weighted by Crippen LogP contribution is 2.38. The summed E-state index contributed by atoms with van der Waals surface area (Å²) >= 11 is 0. The topological polar surface area (TPSA) is 101 Å². The second kappa shape index (κ2) is 8.45. The fourth-order valence-corrected chi connectivity index (χ4v) is 4.56. The van der Waals surface area contributed by atoms with Crippen LogP contribution in [0.4, 0.5) is 18.9 Å². The summed E-state index contributed by atoms with van der Waals surface area (Å²) in [5.41, 5.74) is 6.72. The molecule has 2 aliphatic rings. The molecule has 1 aromatic carbocycles. The van der Waals surface area contributed by atoms with E-state index in [9.17, 15) is 22.8 Å². The quantitative estimate of drug-likeness (QED) is 0.684. The molecule has 1 fully saturated rings. The van der Waals surface area contributed by atoms with Crippen LogP contribution in [0.5, 0.6) is 0 Å². The molecule has 0 radical (unpaired) electrons. The lowest BCUT2D eigenvalue weighted by molar-refractivity contribution is -0.137. The van der Waals surface area contributed by atoms with E-state index in [0.717, 1.165) is 24.5 Å². The molecule has 1 heterocycles. The molecule has 166 valence electrons. The predicted octanol–water partition coefficient (Wildman–Crippen LogP) is 3.79. The number of benzene rings is 1. The lowest BCUT2D eigenvalue weighted by Gasteiger charge is -2.26. The van der Waals surface area contributed by atoms with Crippen molar-refractivity contribution >= 4 is 11.6 Å². The van der Waals surface area contributed by atoms with Gasteiger partial charge < -0.3 is 11.1 Å². The number of aromatic nitrogens is 2. The number of carbonyl (C=O) groups excluding carboxylic acids is 1. The first kappa shape index (κ1) is 21.5. The molecule has 31 heavy (non-hydrogen) atoms. The largest absolute Gasteiger partial charge is 0.418 e. The van der Waals surface area contributed by atoms with Gasteiger partial charge in [0.2, 0.25) is 5.91 Å². The molecule has 2 aromatic rings. The Labute approximate surface area is 177 Å². The standard InChI is InChI=1S/C22H25F3N4O2/c23-22(24,25)17-10-7-13(19-15-3-1-2-4-16(15)21(31)29-28-19)11-18(17)27-20(30)12-5-8-14(26)9-6-12/h7,10-12,14H,1-6,8-9,26H2,(H,27,30)(H,29,31). The number of nitrogens with one attached hydrogen (secondary N) is 2. The summed E-state index contributed by atoms with van der Waals surface area (Å²) in [5, 5.41) is 9.09. The SMILES string of the molecule is NC1CCC(C(=O)Nc2cc(-c3n[nH]c(=O)c4c3CCCC4)ccc2C(F)(F)F)CC1. The molecule has 6 nitrogen and oxygen atoms in total. The number of hydrogen-bond donors (Lipinski definition) is 3. The number of nitrogens with zero attached hydrogens (tertiary/aromatic N) is 1. The molecule has 9 heteroatoms. The summed E-state index contributed by atoms with van der Waals surface area (Å²) in [4.78, 5) is 24.8. The molecule has 0 aliphatic heterocycles. The molecule has 4 N–H and O–H groups in total. The first-order chi connectivity index (χ1) is 14.7. The molecule has 0 bridgehead atoms. The number of amides is 1. The summed E-state index contributed by atoms with van der Waals surface area (Å²) in [7, 11) is 0. The van der Waals surface area contributed by atoms with Gasteiger partial charge in [-0.15, -0.1) is 0 Å². The van der Waals surface area contributed by atoms with Crippen LogP contribution < -0.4 is 16.6 Å². The molecule has 1 saturated carbocycles. The van der Waals surface area contributed by atoms with Gasteiger partial charge in [-0.05, 0) is 69.1 Å². The first-order valence-corrected chi connectivity index (χ1v) is 10.6. The lowest BCUT2D eigenvalue weighted by atomic mass is 9.86. The van der Waals surface area contributed by atoms with E-state index in [1.165, 1.54) is 12.1 Å². The Balaban J connectivity index is 1.71. The van der Waals surface area contributed by atoms with Gasteiger partial charge in [0.1, 0.15) is 0 Å². The van der Waals surface area contributed by atoms with Crippen LogP contribution in [0.15, 0.2) is 23.0 Å². The smallest absolute Gasteiger partial charge is 0.328 e. The van der Waals surface area contributed by atoms with Crippen molar-refractivity contribution in [2.24, 2.45) is 11.7 Å². The van der Waals surface area contributed by atoms with Crippen LogP contribution in [0, 0.1) is 5.92 Å². The summed E-state index contributed by atoms with van der Waals surface area (Å²) in [6.45, 7) is 0. The molecule has 0 spiro atoms. The van der Waals surface area contributed by atoms with Crippen LogP contribution in [0.1, 0.15) is 55.2 Å². The van der Waals surface area contributed by atoms with Crippen LogP contribution in [-0.4, -0.2) is 22.1 Å². The van der Waals surface area contributed by atoms with Crippen LogP contribution in [0.25, 0.3) is 11.3 Å². The Morgan fingerprint density at radius 1 is 1.10 bits per heavy atom. The molecule has 4 rings (SSSR count). The number of carbonyl (C=O) groups is 1. The van der Waals surface area contributed by atoms with Crippen molar-refractivity contribution in [1.29, 1.82) is 0 Å². The third-order valence-electron chi connectivity index (χ3n) is 6.30. The summed E-state index contributed by atoms with van der Waals surface area (Å²) in [6, 6.07) is 3.65. The van der Waals surface area contributed by atoms with E-state index >= 15 is 0 Å². The number of hydrogen-bond acceptors (Lipinski definition) is 4. The van der Waals surface area contributed by atoms with Gasteiger partial charge in [-0.2, -0.15) is 18.3 Å². The monoisotopic (exact) mass is 434 g/mol. The van der Waals surface area contributed by atoms with Gasteiger partial charge in [0.25, 0.3) is 5.56 Å². The maximum atomic E-state index is 13.6. The van der Waals surface area contributed by atoms with Crippen molar-refractivity contribution in [3.63, 3.8) is 0 Å². The Hall–Kier alpha value is -2.68. The van der Waals surface area contributed by atoms with E-state index in [-0.39, 0.29) is 23.2 Å². The lowest BCUT2D eigenvalue weighted by Crippen LogP contribution is -2.32. The van der Waals surface area contributed by atoms with Crippen LogP contribution in [-0.2, 0) is 23.8 Å². The first-order valence-electron chi connectivity index (χ1n) is 10.6. The highest BCUT2D eigenvalue weighted by Gasteiger charge is 2.35. The second-order valence-electron chi connectivity index (χ2n) is 8.42. The average molecular weight is 434 g/mol. The second-order valence-corrected chi connectivity index (χ2v) is 8.42. The number of anilines is 1. The van der Waals surface area contributed by atoms with E-state index in [1.807, 2.05) is 0 Å². The van der Waals surface area contributed by atoms with E-state index in [1.54, 1.807) is 0 Å². The summed E-state index contributed by atoms with van der Waals surface area (Å²) < 4.78 is 40.9. The highest BCUT2D eigenvalue weighted by molar-refractivity contribution is 5.94. The molecule has 2 aliphatic carbocycles. The minimum atomic E-state index is -4.62. The van der Waals surface area contributed by atoms with E-state index in [2.05, 4.69) is 15.5 Å². The zero-order chi connectivity index (χ0) is 22.2. The van der Waals surface area contributed by atoms with Gasteiger partial charge in [0.15, 0.2) is 0 Å². The third kappa shape index (κ3) is 4.51. The van der Waals surface area contributed by atoms with Gasteiger partial charge in [0.05, 0.1) is 16.9 Å². The molecule has 0 unspecified atom stereocenters. The number of rotatable bonds is 3. The number of nitrogens with two attached hydrogens (primary N) is 1. The molecule has 0 saturated heterocycles. The summed E-state index contributed by atoms with van der Waals surface area (Å²) in [5.74, 6) is -0.783. The van der Waals surface area contributed by atoms with Crippen LogP contribution in [0.3, 0.4) is 0 Å². The van der Waals surface area contributed by atoms with E-state index in [0.29, 0.717) is 55.3 Å². The van der Waals surface area contributed by atoms with Crippen molar-refractivity contribution in [3.8, 4) is 11.3 Å². The Morgan fingerprint density at radius 3 is 2.45 bits per heavy atom. The van der Waals surface area contributed by atoms with Crippen LogP contribution >= 0.6 is 0 Å². The molecular weight excluding hydrogens is 409 g/mol. The number of alkyl halides is 3. The molecule has 1 aromatic heterocycles.